The van der Waals surface area contributed by atoms with Gasteiger partial charge in [-0.2, -0.15) is 0 Å². The van der Waals surface area contributed by atoms with Gasteiger partial charge in [0, 0.05) is 4.90 Å². The highest BCUT2D eigenvalue weighted by Crippen LogP contribution is 2.35. The first kappa shape index (κ1) is 13.9. The van der Waals surface area contributed by atoms with Crippen LogP contribution in [-0.4, -0.2) is 28.8 Å². The number of carboxylic acid groups (broad SMARTS) is 1. The zero-order valence-electron chi connectivity index (χ0n) is 10.8. The van der Waals surface area contributed by atoms with Crippen molar-refractivity contribution in [2.75, 3.05) is 6.26 Å². The van der Waals surface area contributed by atoms with Crippen molar-refractivity contribution in [3.8, 4) is 0 Å². The number of nitrogens with one attached hydrogen (secondary N) is 1. The summed E-state index contributed by atoms with van der Waals surface area (Å²) in [5.41, 5.74) is 0.0701. The monoisotopic (exact) mass is 279 g/mol. The minimum atomic E-state index is -0.863. The summed E-state index contributed by atoms with van der Waals surface area (Å²) in [6.07, 6.45) is 4.37. The fourth-order valence-electron chi connectivity index (χ4n) is 2.38. The van der Waals surface area contributed by atoms with Crippen molar-refractivity contribution in [1.82, 2.24) is 5.32 Å². The molecule has 0 aliphatic heterocycles. The summed E-state index contributed by atoms with van der Waals surface area (Å²) in [7, 11) is 0. The molecule has 1 amide bonds. The number of hydrogen-bond donors (Lipinski definition) is 2. The fraction of sp³-hybridized carbons (Fsp3) is 0.429. The number of carbonyl (C=O) groups excluding carboxylic acids is 1. The molecular formula is C14H17NO3S. The molecule has 1 aliphatic carbocycles. The molecule has 4 nitrogen and oxygen atoms in total. The van der Waals surface area contributed by atoms with E-state index in [-0.39, 0.29) is 12.3 Å². The van der Waals surface area contributed by atoms with Crippen LogP contribution in [0.3, 0.4) is 0 Å². The maximum atomic E-state index is 12.3. The Hall–Kier alpha value is -1.49. The Morgan fingerprint density at radius 2 is 2.05 bits per heavy atom. The van der Waals surface area contributed by atoms with Crippen molar-refractivity contribution >= 4 is 23.6 Å². The average molecular weight is 279 g/mol. The van der Waals surface area contributed by atoms with E-state index >= 15 is 0 Å². The largest absolute Gasteiger partial charge is 0.481 e. The number of benzene rings is 1. The molecule has 0 radical (unpaired) electrons. The van der Waals surface area contributed by atoms with Crippen LogP contribution in [0.25, 0.3) is 0 Å². The molecule has 19 heavy (non-hydrogen) atoms. The zero-order valence-corrected chi connectivity index (χ0v) is 11.6. The Bertz CT molecular complexity index is 497. The quantitative estimate of drug-likeness (QED) is 0.813. The lowest BCUT2D eigenvalue weighted by Gasteiger charge is -2.41. The number of hydrogen-bond acceptors (Lipinski definition) is 3. The Kier molecular flexibility index (Phi) is 4.14. The van der Waals surface area contributed by atoms with E-state index in [1.165, 1.54) is 11.8 Å². The Morgan fingerprint density at radius 3 is 2.58 bits per heavy atom. The molecule has 1 fully saturated rings. The number of thioether (sulfide) groups is 1. The van der Waals surface area contributed by atoms with Gasteiger partial charge in [0.25, 0.3) is 5.91 Å². The van der Waals surface area contributed by atoms with E-state index in [0.717, 1.165) is 24.2 Å². The van der Waals surface area contributed by atoms with Gasteiger partial charge in [0.2, 0.25) is 0 Å². The number of aliphatic carboxylic acids is 1. The second-order valence-corrected chi connectivity index (χ2v) is 5.71. The normalized spacial score (nSPS) is 16.5. The van der Waals surface area contributed by atoms with E-state index in [0.29, 0.717) is 5.56 Å². The molecule has 1 aromatic rings. The highest BCUT2D eigenvalue weighted by atomic mass is 32.2. The summed E-state index contributed by atoms with van der Waals surface area (Å²) in [4.78, 5) is 24.1. The highest BCUT2D eigenvalue weighted by Gasteiger charge is 2.40. The van der Waals surface area contributed by atoms with Gasteiger partial charge in [-0.1, -0.05) is 12.1 Å². The van der Waals surface area contributed by atoms with Gasteiger partial charge in [-0.3, -0.25) is 9.59 Å². The SMILES string of the molecule is CSc1ccccc1C(=O)NC1(CC(=O)O)CCC1. The summed E-state index contributed by atoms with van der Waals surface area (Å²) in [6, 6.07) is 7.37. The zero-order chi connectivity index (χ0) is 13.9. The maximum Gasteiger partial charge on any atom is 0.305 e. The van der Waals surface area contributed by atoms with Crippen LogP contribution in [0.2, 0.25) is 0 Å². The van der Waals surface area contributed by atoms with E-state index in [2.05, 4.69) is 5.32 Å². The molecule has 0 heterocycles. The topological polar surface area (TPSA) is 66.4 Å². The second-order valence-electron chi connectivity index (χ2n) is 4.86. The molecule has 0 bridgehead atoms. The molecule has 2 N–H and O–H groups in total. The molecule has 0 unspecified atom stereocenters. The van der Waals surface area contributed by atoms with E-state index in [1.54, 1.807) is 6.07 Å². The maximum absolute atomic E-state index is 12.3. The van der Waals surface area contributed by atoms with E-state index < -0.39 is 11.5 Å². The molecule has 1 saturated carbocycles. The van der Waals surface area contributed by atoms with Crippen LogP contribution >= 0.6 is 11.8 Å². The lowest BCUT2D eigenvalue weighted by atomic mass is 9.74. The first-order chi connectivity index (χ1) is 9.06. The number of carboxylic acids is 1. The van der Waals surface area contributed by atoms with Crippen molar-refractivity contribution in [2.24, 2.45) is 0 Å². The molecule has 102 valence electrons. The van der Waals surface area contributed by atoms with Gasteiger partial charge < -0.3 is 10.4 Å². The third kappa shape index (κ3) is 3.10. The van der Waals surface area contributed by atoms with Crippen LogP contribution in [0.4, 0.5) is 0 Å². The van der Waals surface area contributed by atoms with Crippen LogP contribution in [0.5, 0.6) is 0 Å². The highest BCUT2D eigenvalue weighted by molar-refractivity contribution is 7.98. The summed E-state index contributed by atoms with van der Waals surface area (Å²) < 4.78 is 0. The van der Waals surface area contributed by atoms with Gasteiger partial charge in [0.05, 0.1) is 17.5 Å². The van der Waals surface area contributed by atoms with Crippen molar-refractivity contribution in [2.45, 2.75) is 36.1 Å². The van der Waals surface area contributed by atoms with Crippen LogP contribution in [0, 0.1) is 0 Å². The van der Waals surface area contributed by atoms with Gasteiger partial charge >= 0.3 is 5.97 Å². The van der Waals surface area contributed by atoms with Gasteiger partial charge in [0.15, 0.2) is 0 Å². The van der Waals surface area contributed by atoms with Crippen LogP contribution in [0.1, 0.15) is 36.0 Å². The smallest absolute Gasteiger partial charge is 0.305 e. The number of carbonyl (C=O) groups is 2. The summed E-state index contributed by atoms with van der Waals surface area (Å²) >= 11 is 1.51. The predicted molar refractivity (Wildman–Crippen MR) is 74.5 cm³/mol. The predicted octanol–water partition coefficient (Wildman–Crippen LogP) is 2.54. The molecule has 1 aliphatic rings. The number of amides is 1. The van der Waals surface area contributed by atoms with Crippen LogP contribution in [-0.2, 0) is 4.79 Å². The van der Waals surface area contributed by atoms with Crippen molar-refractivity contribution in [3.63, 3.8) is 0 Å². The third-order valence-electron chi connectivity index (χ3n) is 3.53. The minimum Gasteiger partial charge on any atom is -0.481 e. The molecule has 0 saturated heterocycles. The molecule has 2 rings (SSSR count). The first-order valence-electron chi connectivity index (χ1n) is 6.24. The van der Waals surface area contributed by atoms with Gasteiger partial charge in [-0.25, -0.2) is 0 Å². The lowest BCUT2D eigenvalue weighted by Crippen LogP contribution is -2.54. The molecular weight excluding hydrogens is 262 g/mol. The molecule has 0 aromatic heterocycles. The molecule has 0 atom stereocenters. The third-order valence-corrected chi connectivity index (χ3v) is 4.33. The lowest BCUT2D eigenvalue weighted by molar-refractivity contribution is -0.139. The Labute approximate surface area is 116 Å². The summed E-state index contributed by atoms with van der Waals surface area (Å²) in [5, 5.41) is 11.9. The van der Waals surface area contributed by atoms with Crippen molar-refractivity contribution in [3.05, 3.63) is 29.8 Å². The van der Waals surface area contributed by atoms with Gasteiger partial charge in [-0.05, 0) is 37.7 Å². The molecule has 0 spiro atoms. The fourth-order valence-corrected chi connectivity index (χ4v) is 2.97. The number of rotatable bonds is 5. The van der Waals surface area contributed by atoms with E-state index in [1.807, 2.05) is 24.5 Å². The standard InChI is InChI=1S/C14H17NO3S/c1-19-11-6-3-2-5-10(11)13(18)15-14(7-4-8-14)9-12(16)17/h2-3,5-6H,4,7-9H2,1H3,(H,15,18)(H,16,17). The van der Waals surface area contributed by atoms with E-state index in [4.69, 9.17) is 5.11 Å². The first-order valence-corrected chi connectivity index (χ1v) is 7.46. The van der Waals surface area contributed by atoms with Gasteiger partial charge in [-0.15, -0.1) is 11.8 Å². The molecule has 5 heteroatoms. The molecule has 1 aromatic carbocycles. The second kappa shape index (κ2) is 5.65. The summed E-state index contributed by atoms with van der Waals surface area (Å²) in [5.74, 6) is -1.04. The van der Waals surface area contributed by atoms with Crippen LogP contribution < -0.4 is 5.32 Å². The average Bonchev–Trinajstić information content (AvgIpc) is 2.35. The summed E-state index contributed by atoms with van der Waals surface area (Å²) in [6.45, 7) is 0. The Morgan fingerprint density at radius 1 is 1.37 bits per heavy atom. The van der Waals surface area contributed by atoms with Crippen molar-refractivity contribution < 1.29 is 14.7 Å². The minimum absolute atomic E-state index is 0.000173. The van der Waals surface area contributed by atoms with Crippen LogP contribution in [0.15, 0.2) is 29.2 Å². The van der Waals surface area contributed by atoms with Crippen molar-refractivity contribution in [1.29, 1.82) is 0 Å². The van der Waals surface area contributed by atoms with Gasteiger partial charge in [0.1, 0.15) is 0 Å². The Balaban J connectivity index is 2.14. The van der Waals surface area contributed by atoms with E-state index in [9.17, 15) is 9.59 Å².